The highest BCUT2D eigenvalue weighted by atomic mass is 35.5. The number of pyridine rings is 1. The first-order valence-electron chi connectivity index (χ1n) is 6.31. The molecule has 0 saturated carbocycles. The van der Waals surface area contributed by atoms with Crippen molar-refractivity contribution in [3.05, 3.63) is 59.3 Å². The molecule has 110 valence electrons. The minimum Gasteiger partial charge on any atom is -0.466 e. The van der Waals surface area contributed by atoms with E-state index in [-0.39, 0.29) is 12.5 Å². The van der Waals surface area contributed by atoms with Gasteiger partial charge in [0.2, 0.25) is 5.91 Å². The third-order valence-electron chi connectivity index (χ3n) is 2.84. The van der Waals surface area contributed by atoms with Crippen LogP contribution in [0.5, 0.6) is 0 Å². The van der Waals surface area contributed by atoms with Gasteiger partial charge in [-0.25, -0.2) is 4.98 Å². The lowest BCUT2D eigenvalue weighted by Crippen LogP contribution is -2.37. The molecular weight excluding hydrogens is 292 g/mol. The van der Waals surface area contributed by atoms with Crippen molar-refractivity contribution in [3.63, 3.8) is 0 Å². The second-order valence-corrected chi connectivity index (χ2v) is 5.10. The highest BCUT2D eigenvalue weighted by Gasteiger charge is 2.26. The van der Waals surface area contributed by atoms with Crippen molar-refractivity contribution in [2.75, 3.05) is 6.54 Å². The molecule has 0 aliphatic heterocycles. The molecule has 2 aromatic rings. The molecule has 5 nitrogen and oxygen atoms in total. The number of rotatable bonds is 5. The van der Waals surface area contributed by atoms with Gasteiger partial charge in [-0.3, -0.25) is 4.79 Å². The van der Waals surface area contributed by atoms with Gasteiger partial charge in [0, 0.05) is 12.3 Å². The Bertz CT molecular complexity index is 619. The van der Waals surface area contributed by atoms with E-state index in [9.17, 15) is 9.90 Å². The molecule has 0 aliphatic rings. The van der Waals surface area contributed by atoms with Crippen LogP contribution in [0.4, 0.5) is 0 Å². The highest BCUT2D eigenvalue weighted by Crippen LogP contribution is 2.19. The normalized spacial score (nSPS) is 14.0. The summed E-state index contributed by atoms with van der Waals surface area (Å²) in [4.78, 5) is 15.6. The third-order valence-corrected chi connectivity index (χ3v) is 3.06. The van der Waals surface area contributed by atoms with Gasteiger partial charge in [-0.2, -0.15) is 0 Å². The third kappa shape index (κ3) is 4.44. The number of aliphatic hydroxyl groups is 1. The first-order valence-corrected chi connectivity index (χ1v) is 6.69. The van der Waals surface area contributed by atoms with E-state index in [1.54, 1.807) is 43.5 Å². The number of hydrogen-bond donors (Lipinski definition) is 2. The van der Waals surface area contributed by atoms with Crippen molar-refractivity contribution in [3.8, 4) is 0 Å². The Morgan fingerprint density at radius 3 is 2.95 bits per heavy atom. The Labute approximate surface area is 127 Å². The van der Waals surface area contributed by atoms with Gasteiger partial charge >= 0.3 is 0 Å². The smallest absolute Gasteiger partial charge is 0.244 e. The molecule has 0 radical (unpaired) electrons. The predicted molar refractivity (Wildman–Crippen MR) is 79.6 cm³/mol. The standard InChI is InChI=1S/C15H15ClN2O3/c1-15(20,12-3-2-8-21-12)10-18-14(19)7-5-11-4-6-13(16)17-9-11/h2-9,20H,10H2,1H3,(H,18,19)/b7-5+. The molecule has 2 N–H and O–H groups in total. The van der Waals surface area contributed by atoms with Crippen LogP contribution in [0.3, 0.4) is 0 Å². The fraction of sp³-hybridized carbons (Fsp3) is 0.200. The summed E-state index contributed by atoms with van der Waals surface area (Å²) in [6.45, 7) is 1.61. The predicted octanol–water partition coefficient (Wildman–Crippen LogP) is 2.37. The Balaban J connectivity index is 1.89. The van der Waals surface area contributed by atoms with Crippen molar-refractivity contribution in [2.24, 2.45) is 0 Å². The van der Waals surface area contributed by atoms with Crippen molar-refractivity contribution >= 4 is 23.6 Å². The van der Waals surface area contributed by atoms with Crippen LogP contribution < -0.4 is 5.32 Å². The van der Waals surface area contributed by atoms with Crippen LogP contribution >= 0.6 is 11.6 Å². The first kappa shape index (κ1) is 15.3. The molecule has 0 bridgehead atoms. The van der Waals surface area contributed by atoms with Crippen LogP contribution in [0.15, 0.2) is 47.2 Å². The zero-order valence-corrected chi connectivity index (χ0v) is 12.2. The molecule has 0 spiro atoms. The van der Waals surface area contributed by atoms with Gasteiger partial charge in [0.05, 0.1) is 12.8 Å². The number of carbonyl (C=O) groups is 1. The molecule has 2 heterocycles. The van der Waals surface area contributed by atoms with E-state index in [1.807, 2.05) is 0 Å². The second kappa shape index (κ2) is 6.56. The topological polar surface area (TPSA) is 75.4 Å². The van der Waals surface area contributed by atoms with Gasteiger partial charge in [0.25, 0.3) is 0 Å². The fourth-order valence-electron chi connectivity index (χ4n) is 1.65. The largest absolute Gasteiger partial charge is 0.466 e. The number of amides is 1. The molecule has 0 aliphatic carbocycles. The highest BCUT2D eigenvalue weighted by molar-refractivity contribution is 6.29. The van der Waals surface area contributed by atoms with E-state index in [2.05, 4.69) is 10.3 Å². The van der Waals surface area contributed by atoms with Crippen LogP contribution in [0.2, 0.25) is 5.15 Å². The molecule has 2 rings (SSSR count). The summed E-state index contributed by atoms with van der Waals surface area (Å²) in [6, 6.07) is 6.72. The van der Waals surface area contributed by atoms with Crippen molar-refractivity contribution in [1.82, 2.24) is 10.3 Å². The molecule has 6 heteroatoms. The molecule has 2 aromatic heterocycles. The lowest BCUT2D eigenvalue weighted by atomic mass is 10.0. The molecule has 0 saturated heterocycles. The maximum atomic E-state index is 11.7. The summed E-state index contributed by atoms with van der Waals surface area (Å²) < 4.78 is 5.13. The summed E-state index contributed by atoms with van der Waals surface area (Å²) in [5.74, 6) is 0.0745. The second-order valence-electron chi connectivity index (χ2n) is 4.72. The van der Waals surface area contributed by atoms with Crippen LogP contribution in [0.25, 0.3) is 6.08 Å². The zero-order valence-electron chi connectivity index (χ0n) is 11.4. The maximum absolute atomic E-state index is 11.7. The van der Waals surface area contributed by atoms with Gasteiger partial charge < -0.3 is 14.8 Å². The van der Waals surface area contributed by atoms with E-state index >= 15 is 0 Å². The minimum atomic E-state index is -1.26. The average Bonchev–Trinajstić information content (AvgIpc) is 3.00. The number of aromatic nitrogens is 1. The number of nitrogens with zero attached hydrogens (tertiary/aromatic N) is 1. The van der Waals surface area contributed by atoms with Crippen LogP contribution in [-0.2, 0) is 10.4 Å². The minimum absolute atomic E-state index is 0.0442. The monoisotopic (exact) mass is 306 g/mol. The van der Waals surface area contributed by atoms with E-state index < -0.39 is 5.60 Å². The van der Waals surface area contributed by atoms with Crippen molar-refractivity contribution in [1.29, 1.82) is 0 Å². The molecule has 0 fully saturated rings. The van der Waals surface area contributed by atoms with Crippen LogP contribution in [0, 0.1) is 0 Å². The fourth-order valence-corrected chi connectivity index (χ4v) is 1.76. The van der Waals surface area contributed by atoms with Gasteiger partial charge in [0.1, 0.15) is 16.5 Å². The maximum Gasteiger partial charge on any atom is 0.244 e. The summed E-state index contributed by atoms with van der Waals surface area (Å²) in [5.41, 5.74) is -0.498. The molecular formula is C15H15ClN2O3. The Hall–Kier alpha value is -2.11. The van der Waals surface area contributed by atoms with Gasteiger partial charge in [0.15, 0.2) is 0 Å². The lowest BCUT2D eigenvalue weighted by Gasteiger charge is -2.20. The Morgan fingerprint density at radius 1 is 1.52 bits per heavy atom. The van der Waals surface area contributed by atoms with Crippen LogP contribution in [-0.4, -0.2) is 22.5 Å². The van der Waals surface area contributed by atoms with Gasteiger partial charge in [-0.05, 0) is 36.8 Å². The Kier molecular flexibility index (Phi) is 4.77. The number of carbonyl (C=O) groups excluding carboxylic acids is 1. The quantitative estimate of drug-likeness (QED) is 0.657. The van der Waals surface area contributed by atoms with Crippen molar-refractivity contribution in [2.45, 2.75) is 12.5 Å². The summed E-state index contributed by atoms with van der Waals surface area (Å²) in [6.07, 6.45) is 6.01. The van der Waals surface area contributed by atoms with Gasteiger partial charge in [-0.15, -0.1) is 0 Å². The first-order chi connectivity index (χ1) is 9.97. The van der Waals surface area contributed by atoms with E-state index in [0.29, 0.717) is 10.9 Å². The van der Waals surface area contributed by atoms with E-state index in [0.717, 1.165) is 5.56 Å². The molecule has 1 atom stereocenters. The van der Waals surface area contributed by atoms with E-state index in [1.165, 1.54) is 12.3 Å². The average molecular weight is 307 g/mol. The lowest BCUT2D eigenvalue weighted by molar-refractivity contribution is -0.117. The van der Waals surface area contributed by atoms with Gasteiger partial charge in [-0.1, -0.05) is 17.7 Å². The molecule has 0 aromatic carbocycles. The summed E-state index contributed by atoms with van der Waals surface area (Å²) >= 11 is 5.67. The molecule has 1 unspecified atom stereocenters. The molecule has 1 amide bonds. The molecule has 21 heavy (non-hydrogen) atoms. The van der Waals surface area contributed by atoms with Crippen molar-refractivity contribution < 1.29 is 14.3 Å². The number of furan rings is 1. The number of halogens is 1. The van der Waals surface area contributed by atoms with Crippen LogP contribution in [0.1, 0.15) is 18.2 Å². The summed E-state index contributed by atoms with van der Waals surface area (Å²) in [5, 5.41) is 13.2. The number of nitrogens with one attached hydrogen (secondary N) is 1. The zero-order chi connectivity index (χ0) is 15.3. The SMILES string of the molecule is CC(O)(CNC(=O)/C=C/c1ccc(Cl)nc1)c1ccco1. The Morgan fingerprint density at radius 2 is 2.33 bits per heavy atom. The van der Waals surface area contributed by atoms with E-state index in [4.69, 9.17) is 16.0 Å². The number of hydrogen-bond acceptors (Lipinski definition) is 4. The summed E-state index contributed by atoms with van der Waals surface area (Å²) in [7, 11) is 0.